The fraction of sp³-hybridized carbons (Fsp3) is 0.303. The Morgan fingerprint density at radius 3 is 2.68 bits per heavy atom. The van der Waals surface area contributed by atoms with Crippen LogP contribution in [0.1, 0.15) is 70.8 Å². The van der Waals surface area contributed by atoms with Gasteiger partial charge in [-0.1, -0.05) is 72.8 Å². The molecule has 0 aliphatic carbocycles. The minimum Gasteiger partial charge on any atom is -0.490 e. The van der Waals surface area contributed by atoms with Gasteiger partial charge in [-0.05, 0) is 79.3 Å². The number of carbonyl (C=O) groups excluding carboxylic acids is 1. The first kappa shape index (κ1) is 25.0. The minimum absolute atomic E-state index is 0.123. The van der Waals surface area contributed by atoms with Crippen molar-refractivity contribution in [1.82, 2.24) is 5.32 Å². The maximum Gasteiger partial charge on any atom is 0.338 e. The molecule has 0 spiro atoms. The first-order valence-corrected chi connectivity index (χ1v) is 13.2. The molecule has 5 rings (SSSR count). The van der Waals surface area contributed by atoms with Crippen molar-refractivity contribution in [3.05, 3.63) is 113 Å². The van der Waals surface area contributed by atoms with Crippen molar-refractivity contribution in [3.63, 3.8) is 0 Å². The summed E-state index contributed by atoms with van der Waals surface area (Å²) < 4.78 is 11.5. The Hall–Kier alpha value is -3.63. The average molecular weight is 494 g/mol. The van der Waals surface area contributed by atoms with Gasteiger partial charge in [-0.3, -0.25) is 0 Å². The summed E-state index contributed by atoms with van der Waals surface area (Å²) in [7, 11) is 1.43. The van der Waals surface area contributed by atoms with E-state index in [-0.39, 0.29) is 24.0 Å². The number of benzene rings is 4. The Bertz CT molecular complexity index is 1390. The van der Waals surface area contributed by atoms with Crippen LogP contribution in [0, 0.1) is 6.92 Å². The van der Waals surface area contributed by atoms with Crippen LogP contribution in [-0.4, -0.2) is 25.7 Å². The van der Waals surface area contributed by atoms with E-state index in [1.807, 2.05) is 25.1 Å². The third kappa shape index (κ3) is 5.40. The summed E-state index contributed by atoms with van der Waals surface area (Å²) in [6, 6.07) is 29.8. The molecule has 0 amide bonds. The Labute approximate surface area is 219 Å². The van der Waals surface area contributed by atoms with Crippen molar-refractivity contribution in [2.24, 2.45) is 0 Å². The van der Waals surface area contributed by atoms with Gasteiger partial charge in [0, 0.05) is 17.5 Å². The molecule has 190 valence electrons. The van der Waals surface area contributed by atoms with Gasteiger partial charge in [0.05, 0.1) is 18.8 Å². The molecule has 1 aliphatic rings. The van der Waals surface area contributed by atoms with Gasteiger partial charge in [0.15, 0.2) is 0 Å². The molecule has 1 N–H and O–H groups in total. The predicted molar refractivity (Wildman–Crippen MR) is 149 cm³/mol. The van der Waals surface area contributed by atoms with Crippen LogP contribution >= 0.6 is 0 Å². The molecule has 1 aliphatic heterocycles. The van der Waals surface area contributed by atoms with Gasteiger partial charge in [0.1, 0.15) is 5.75 Å². The number of aryl methyl sites for hydroxylation is 1. The van der Waals surface area contributed by atoms with E-state index < -0.39 is 0 Å². The largest absolute Gasteiger partial charge is 0.490 e. The number of fused-ring (bicyclic) bond motifs is 2. The second-order valence-electron chi connectivity index (χ2n) is 10.0. The highest BCUT2D eigenvalue weighted by atomic mass is 16.5. The highest BCUT2D eigenvalue weighted by Crippen LogP contribution is 2.41. The van der Waals surface area contributed by atoms with Crippen molar-refractivity contribution in [2.45, 2.75) is 51.2 Å². The zero-order valence-corrected chi connectivity index (χ0v) is 21.9. The molecule has 4 heteroatoms. The summed E-state index contributed by atoms with van der Waals surface area (Å²) in [6.07, 6.45) is 3.00. The van der Waals surface area contributed by atoms with E-state index in [0.717, 1.165) is 42.7 Å². The summed E-state index contributed by atoms with van der Waals surface area (Å²) in [5.41, 5.74) is 5.21. The number of hydrogen-bond acceptors (Lipinski definition) is 4. The molecule has 0 aromatic heterocycles. The summed E-state index contributed by atoms with van der Waals surface area (Å²) in [5, 5.41) is 6.31. The van der Waals surface area contributed by atoms with Crippen LogP contribution < -0.4 is 10.1 Å². The third-order valence-corrected chi connectivity index (χ3v) is 7.60. The maximum absolute atomic E-state index is 12.3. The highest BCUT2D eigenvalue weighted by Gasteiger charge is 2.29. The molecular weight excluding hydrogens is 458 g/mol. The number of methoxy groups -OCH3 is 1. The minimum atomic E-state index is -0.289. The van der Waals surface area contributed by atoms with Gasteiger partial charge < -0.3 is 14.8 Å². The molecule has 4 aromatic rings. The molecule has 4 nitrogen and oxygen atoms in total. The molecule has 0 saturated heterocycles. The van der Waals surface area contributed by atoms with Gasteiger partial charge in [-0.15, -0.1) is 0 Å². The van der Waals surface area contributed by atoms with Crippen LogP contribution in [0.2, 0.25) is 0 Å². The molecule has 4 aromatic carbocycles. The van der Waals surface area contributed by atoms with Crippen molar-refractivity contribution in [1.29, 1.82) is 0 Å². The summed E-state index contributed by atoms with van der Waals surface area (Å²) in [6.45, 7) is 5.11. The van der Waals surface area contributed by atoms with Gasteiger partial charge >= 0.3 is 5.97 Å². The number of para-hydroxylation sites is 1. The SMILES string of the molecule is COC(=O)c1cc([C@@H]2C[C@@H](CCCN[C@H](C)c3cccc4ccccc34)Oc3ccccc32)ccc1C. The van der Waals surface area contributed by atoms with E-state index >= 15 is 0 Å². The Kier molecular flexibility index (Phi) is 7.57. The van der Waals surface area contributed by atoms with Crippen LogP contribution in [0.5, 0.6) is 5.75 Å². The van der Waals surface area contributed by atoms with Crippen LogP contribution in [-0.2, 0) is 4.74 Å². The quantitative estimate of drug-likeness (QED) is 0.206. The molecule has 1 heterocycles. The first-order chi connectivity index (χ1) is 18.0. The van der Waals surface area contributed by atoms with Gasteiger partial charge in [-0.25, -0.2) is 4.79 Å². The van der Waals surface area contributed by atoms with Gasteiger partial charge in [-0.2, -0.15) is 0 Å². The van der Waals surface area contributed by atoms with E-state index in [1.54, 1.807) is 0 Å². The Morgan fingerprint density at radius 1 is 1.03 bits per heavy atom. The Morgan fingerprint density at radius 2 is 1.81 bits per heavy atom. The fourth-order valence-corrected chi connectivity index (χ4v) is 5.56. The molecule has 37 heavy (non-hydrogen) atoms. The lowest BCUT2D eigenvalue weighted by atomic mass is 9.82. The lowest BCUT2D eigenvalue weighted by Gasteiger charge is -2.33. The van der Waals surface area contributed by atoms with Crippen molar-refractivity contribution in [3.8, 4) is 5.75 Å². The molecule has 3 atom stereocenters. The number of hydrogen-bond donors (Lipinski definition) is 1. The summed E-state index contributed by atoms with van der Waals surface area (Å²) >= 11 is 0. The van der Waals surface area contributed by atoms with E-state index in [2.05, 4.69) is 79.0 Å². The van der Waals surface area contributed by atoms with E-state index in [4.69, 9.17) is 9.47 Å². The normalized spacial score (nSPS) is 17.6. The molecule has 0 unspecified atom stereocenters. The van der Waals surface area contributed by atoms with Gasteiger partial charge in [0.25, 0.3) is 0 Å². The number of esters is 1. The zero-order valence-electron chi connectivity index (χ0n) is 21.9. The zero-order chi connectivity index (χ0) is 25.8. The monoisotopic (exact) mass is 493 g/mol. The van der Waals surface area contributed by atoms with Crippen LogP contribution in [0.15, 0.2) is 84.9 Å². The van der Waals surface area contributed by atoms with Gasteiger partial charge in [0.2, 0.25) is 0 Å². The number of ether oxygens (including phenoxy) is 2. The second-order valence-corrected chi connectivity index (χ2v) is 10.0. The molecule has 0 radical (unpaired) electrons. The van der Waals surface area contributed by atoms with Crippen molar-refractivity contribution in [2.75, 3.05) is 13.7 Å². The fourth-order valence-electron chi connectivity index (χ4n) is 5.56. The van der Waals surface area contributed by atoms with E-state index in [9.17, 15) is 4.79 Å². The van der Waals surface area contributed by atoms with E-state index in [1.165, 1.54) is 29.0 Å². The van der Waals surface area contributed by atoms with Crippen LogP contribution in [0.4, 0.5) is 0 Å². The predicted octanol–water partition coefficient (Wildman–Crippen LogP) is 7.35. The molecule has 0 saturated carbocycles. The Balaban J connectivity index is 1.26. The number of rotatable bonds is 8. The standard InChI is InChI=1S/C33H35NO3/c1-22-17-18-25(20-30(22)33(35)36-3)31-21-26(37-32-16-7-6-14-29(31)32)12-9-19-34-23(2)27-15-8-11-24-10-4-5-13-28(24)27/h4-8,10-11,13-18,20,23,26,31,34H,9,12,19,21H2,1-3H3/t23-,26-,31+/m1/s1. The van der Waals surface area contributed by atoms with Crippen LogP contribution in [0.3, 0.4) is 0 Å². The lowest BCUT2D eigenvalue weighted by Crippen LogP contribution is -2.28. The second kappa shape index (κ2) is 11.2. The molecule has 0 fully saturated rings. The van der Waals surface area contributed by atoms with E-state index in [0.29, 0.717) is 5.56 Å². The average Bonchev–Trinajstić information content (AvgIpc) is 2.94. The third-order valence-electron chi connectivity index (χ3n) is 7.60. The highest BCUT2D eigenvalue weighted by molar-refractivity contribution is 5.91. The topological polar surface area (TPSA) is 47.6 Å². The van der Waals surface area contributed by atoms with Crippen molar-refractivity contribution >= 4 is 16.7 Å². The molecular formula is C33H35NO3. The van der Waals surface area contributed by atoms with Crippen LogP contribution in [0.25, 0.3) is 10.8 Å². The smallest absolute Gasteiger partial charge is 0.338 e. The lowest BCUT2D eigenvalue weighted by molar-refractivity contribution is 0.0599. The summed E-state index contributed by atoms with van der Waals surface area (Å²) in [5.74, 6) is 0.838. The van der Waals surface area contributed by atoms with Crippen molar-refractivity contribution < 1.29 is 14.3 Å². The first-order valence-electron chi connectivity index (χ1n) is 13.2. The molecule has 0 bridgehead atoms. The maximum atomic E-state index is 12.3. The summed E-state index contributed by atoms with van der Waals surface area (Å²) in [4.78, 5) is 12.3. The number of nitrogens with one attached hydrogen (secondary N) is 1. The number of carbonyl (C=O) groups is 1.